The smallest absolute Gasteiger partial charge is 0.224 e. The molecule has 1 unspecified atom stereocenters. The monoisotopic (exact) mass is 494 g/mol. The van der Waals surface area contributed by atoms with Crippen molar-refractivity contribution in [2.45, 2.75) is 11.8 Å². The minimum absolute atomic E-state index is 0.607. The maximum atomic E-state index is 12.1. The fraction of sp³-hybridized carbons (Fsp3) is 0.333. The third kappa shape index (κ3) is 4.28. The van der Waals surface area contributed by atoms with Crippen molar-refractivity contribution in [3.8, 4) is 21.8 Å². The zero-order valence-electron chi connectivity index (χ0n) is 19.6. The number of benzene rings is 1. The molecule has 0 N–H and O–H groups in total. The zero-order chi connectivity index (χ0) is 23.8. The van der Waals surface area contributed by atoms with Crippen molar-refractivity contribution in [3.05, 3.63) is 42.2 Å². The highest BCUT2D eigenvalue weighted by Crippen LogP contribution is 2.42. The van der Waals surface area contributed by atoms with E-state index in [-0.39, 0.29) is 0 Å². The van der Waals surface area contributed by atoms with Crippen LogP contribution < -0.4 is 9.80 Å². The molecule has 0 radical (unpaired) electrons. The average Bonchev–Trinajstić information content (AvgIpc) is 3.20. The molecule has 4 heterocycles. The van der Waals surface area contributed by atoms with Gasteiger partial charge in [-0.2, -0.15) is 0 Å². The molecule has 1 saturated heterocycles. The van der Waals surface area contributed by atoms with Gasteiger partial charge in [0.1, 0.15) is 0 Å². The van der Waals surface area contributed by atoms with Gasteiger partial charge in [0, 0.05) is 66.4 Å². The lowest BCUT2D eigenvalue weighted by molar-refractivity contribution is 0.122. The van der Waals surface area contributed by atoms with Gasteiger partial charge >= 0.3 is 0 Å². The quantitative estimate of drug-likeness (QED) is 0.415. The van der Waals surface area contributed by atoms with Crippen LogP contribution in [0.5, 0.6) is 0 Å². The molecule has 34 heavy (non-hydrogen) atoms. The lowest BCUT2D eigenvalue weighted by Gasteiger charge is -2.28. The summed E-state index contributed by atoms with van der Waals surface area (Å²) in [5.41, 5.74) is 3.83. The Labute approximate surface area is 205 Å². The summed E-state index contributed by atoms with van der Waals surface area (Å²) >= 11 is 1.68. The number of thiophene rings is 1. The maximum absolute atomic E-state index is 12.1. The Balaban J connectivity index is 1.69. The Hall–Kier alpha value is -2.95. The van der Waals surface area contributed by atoms with Crippen LogP contribution in [0.1, 0.15) is 5.56 Å². The van der Waals surface area contributed by atoms with E-state index in [1.807, 2.05) is 37.2 Å². The highest BCUT2D eigenvalue weighted by Gasteiger charge is 2.23. The molecule has 8 nitrogen and oxygen atoms in total. The number of fused-ring (bicyclic) bond motifs is 1. The van der Waals surface area contributed by atoms with Crippen molar-refractivity contribution in [2.75, 3.05) is 56.5 Å². The Morgan fingerprint density at radius 1 is 1.09 bits per heavy atom. The SMILES string of the molecule is Cc1c(-c2cccc(S(C)=O)c2)sc2c(N3CCOCC3)nc(-c3cnc(N(C)C)nc3)nc12. The van der Waals surface area contributed by atoms with E-state index in [1.165, 1.54) is 0 Å². The summed E-state index contributed by atoms with van der Waals surface area (Å²) in [6.07, 6.45) is 5.25. The number of morpholine rings is 1. The third-order valence-electron chi connectivity index (χ3n) is 5.78. The van der Waals surface area contributed by atoms with Crippen LogP contribution in [0.4, 0.5) is 11.8 Å². The van der Waals surface area contributed by atoms with Crippen molar-refractivity contribution in [1.29, 1.82) is 0 Å². The van der Waals surface area contributed by atoms with E-state index in [2.05, 4.69) is 27.9 Å². The summed E-state index contributed by atoms with van der Waals surface area (Å²) in [6, 6.07) is 7.92. The van der Waals surface area contributed by atoms with Crippen LogP contribution in [-0.2, 0) is 15.5 Å². The molecule has 1 aromatic carbocycles. The van der Waals surface area contributed by atoms with E-state index in [9.17, 15) is 4.21 Å². The maximum Gasteiger partial charge on any atom is 0.224 e. The highest BCUT2D eigenvalue weighted by molar-refractivity contribution is 7.84. The number of hydrogen-bond acceptors (Lipinski definition) is 9. The predicted octanol–water partition coefficient (Wildman–Crippen LogP) is 3.76. The molecule has 0 amide bonds. The van der Waals surface area contributed by atoms with Gasteiger partial charge in [-0.15, -0.1) is 11.3 Å². The first-order chi connectivity index (χ1) is 16.4. The van der Waals surface area contributed by atoms with E-state index in [0.717, 1.165) is 55.6 Å². The van der Waals surface area contributed by atoms with Crippen molar-refractivity contribution >= 4 is 44.1 Å². The zero-order valence-corrected chi connectivity index (χ0v) is 21.2. The normalized spacial score (nSPS) is 15.0. The first kappa shape index (κ1) is 22.8. The number of rotatable bonds is 5. The molecular formula is C24H26N6O2S2. The van der Waals surface area contributed by atoms with Crippen molar-refractivity contribution in [2.24, 2.45) is 0 Å². The molecule has 5 rings (SSSR count). The number of anilines is 2. The van der Waals surface area contributed by atoms with E-state index in [0.29, 0.717) is 25.0 Å². The molecule has 0 bridgehead atoms. The number of hydrogen-bond donors (Lipinski definition) is 0. The Kier molecular flexibility index (Phi) is 6.28. The molecule has 10 heteroatoms. The van der Waals surface area contributed by atoms with Crippen LogP contribution in [0.3, 0.4) is 0 Å². The summed E-state index contributed by atoms with van der Waals surface area (Å²) in [5, 5.41) is 0. The van der Waals surface area contributed by atoms with Gasteiger partial charge in [0.25, 0.3) is 0 Å². The van der Waals surface area contributed by atoms with Crippen molar-refractivity contribution in [1.82, 2.24) is 19.9 Å². The van der Waals surface area contributed by atoms with Crippen LogP contribution in [0, 0.1) is 6.92 Å². The highest BCUT2D eigenvalue weighted by atomic mass is 32.2. The van der Waals surface area contributed by atoms with Gasteiger partial charge in [0.05, 0.1) is 29.0 Å². The summed E-state index contributed by atoms with van der Waals surface area (Å²) in [7, 11) is 2.78. The molecule has 3 aromatic heterocycles. The first-order valence-corrected chi connectivity index (χ1v) is 13.4. The van der Waals surface area contributed by atoms with Crippen LogP contribution in [-0.4, -0.2) is 70.8 Å². The van der Waals surface area contributed by atoms with E-state index >= 15 is 0 Å². The Bertz CT molecular complexity index is 1360. The average molecular weight is 495 g/mol. The van der Waals surface area contributed by atoms with Gasteiger partial charge in [-0.3, -0.25) is 4.21 Å². The van der Waals surface area contributed by atoms with Gasteiger partial charge in [-0.25, -0.2) is 19.9 Å². The van der Waals surface area contributed by atoms with Crippen LogP contribution >= 0.6 is 11.3 Å². The summed E-state index contributed by atoms with van der Waals surface area (Å²) in [4.78, 5) is 24.9. The summed E-state index contributed by atoms with van der Waals surface area (Å²) in [5.74, 6) is 2.16. The fourth-order valence-corrected chi connectivity index (χ4v) is 5.77. The van der Waals surface area contributed by atoms with Crippen molar-refractivity contribution < 1.29 is 8.95 Å². The second kappa shape index (κ2) is 9.36. The molecule has 1 atom stereocenters. The van der Waals surface area contributed by atoms with E-state index in [1.54, 1.807) is 30.0 Å². The first-order valence-electron chi connectivity index (χ1n) is 11.0. The van der Waals surface area contributed by atoms with Crippen LogP contribution in [0.2, 0.25) is 0 Å². The second-order valence-corrected chi connectivity index (χ2v) is 10.8. The van der Waals surface area contributed by atoms with E-state index in [4.69, 9.17) is 14.7 Å². The molecule has 176 valence electrons. The van der Waals surface area contributed by atoms with Gasteiger partial charge in [-0.05, 0) is 30.2 Å². The standard InChI is InChI=1S/C24H26N6O2S2/c1-15-19-21(33-20(15)16-6-5-7-18(12-16)34(4)31)23(30-8-10-32-11-9-30)28-22(27-19)17-13-25-24(26-14-17)29(2)3/h5-7,12-14H,8-11H2,1-4H3. The molecule has 1 fully saturated rings. The second-order valence-electron chi connectivity index (χ2n) is 8.35. The van der Waals surface area contributed by atoms with Gasteiger partial charge in [-0.1, -0.05) is 12.1 Å². The van der Waals surface area contributed by atoms with Crippen molar-refractivity contribution in [3.63, 3.8) is 0 Å². The number of nitrogens with zero attached hydrogens (tertiary/aromatic N) is 6. The minimum atomic E-state index is -1.04. The third-order valence-corrected chi connectivity index (χ3v) is 8.03. The van der Waals surface area contributed by atoms with E-state index < -0.39 is 10.8 Å². The fourth-order valence-electron chi connectivity index (χ4n) is 3.95. The minimum Gasteiger partial charge on any atom is -0.378 e. The Morgan fingerprint density at radius 3 is 2.50 bits per heavy atom. The number of aromatic nitrogens is 4. The predicted molar refractivity (Wildman–Crippen MR) is 138 cm³/mol. The molecule has 0 spiro atoms. The van der Waals surface area contributed by atoms with Gasteiger partial charge in [0.15, 0.2) is 11.6 Å². The van der Waals surface area contributed by atoms with Crippen LogP contribution in [0.25, 0.3) is 32.0 Å². The summed E-state index contributed by atoms with van der Waals surface area (Å²) in [6.45, 7) is 4.98. The number of aryl methyl sites for hydroxylation is 1. The molecular weight excluding hydrogens is 468 g/mol. The lowest BCUT2D eigenvalue weighted by Crippen LogP contribution is -2.36. The van der Waals surface area contributed by atoms with Gasteiger partial charge in [0.2, 0.25) is 5.95 Å². The molecule has 0 saturated carbocycles. The Morgan fingerprint density at radius 2 is 1.82 bits per heavy atom. The molecule has 1 aliphatic heterocycles. The molecule has 4 aromatic rings. The van der Waals surface area contributed by atoms with Crippen LogP contribution in [0.15, 0.2) is 41.6 Å². The van der Waals surface area contributed by atoms with Gasteiger partial charge < -0.3 is 14.5 Å². The summed E-state index contributed by atoms with van der Waals surface area (Å²) < 4.78 is 18.7. The number of ether oxygens (including phenoxy) is 1. The molecule has 0 aliphatic carbocycles. The lowest BCUT2D eigenvalue weighted by atomic mass is 10.1. The molecule has 1 aliphatic rings. The largest absolute Gasteiger partial charge is 0.378 e. The topological polar surface area (TPSA) is 84.3 Å².